The molecule has 0 unspecified atom stereocenters. The molecule has 1 saturated carbocycles. The molecule has 10 heteroatoms. The number of benzene rings is 1. The zero-order valence-corrected chi connectivity index (χ0v) is 19.8. The van der Waals surface area contributed by atoms with Crippen LogP contribution in [0.5, 0.6) is 5.75 Å². The fourth-order valence-electron chi connectivity index (χ4n) is 5.90. The van der Waals surface area contributed by atoms with Gasteiger partial charge in [0.15, 0.2) is 11.4 Å². The number of hydrogen-bond donors (Lipinski definition) is 6. The Morgan fingerprint density at radius 1 is 1.22 bits per heavy atom. The molecule has 0 saturated heterocycles. The number of fused-ring (bicyclic) bond motifs is 3. The zero-order valence-electron chi connectivity index (χ0n) is 19.8. The molecule has 4 rings (SSSR count). The van der Waals surface area contributed by atoms with Crippen molar-refractivity contribution < 1.29 is 39.9 Å². The van der Waals surface area contributed by atoms with Gasteiger partial charge in [-0.15, -0.1) is 6.42 Å². The van der Waals surface area contributed by atoms with Gasteiger partial charge in [-0.1, -0.05) is 25.0 Å². The second-order valence-corrected chi connectivity index (χ2v) is 9.52. The first-order valence-corrected chi connectivity index (χ1v) is 11.1. The van der Waals surface area contributed by atoms with Crippen LogP contribution in [-0.2, 0) is 14.4 Å². The third-order valence-electron chi connectivity index (χ3n) is 7.52. The molecule has 188 valence electrons. The molecule has 1 amide bonds. The molecule has 1 aromatic carbocycles. The molecule has 10 nitrogen and oxygen atoms in total. The highest BCUT2D eigenvalue weighted by atomic mass is 16.4. The number of nitrogens with two attached hydrogens (primary N) is 1. The van der Waals surface area contributed by atoms with Crippen molar-refractivity contribution in [2.45, 2.75) is 30.6 Å². The van der Waals surface area contributed by atoms with E-state index in [4.69, 9.17) is 12.2 Å². The van der Waals surface area contributed by atoms with E-state index in [0.717, 1.165) is 0 Å². The Labute approximate surface area is 206 Å². The lowest BCUT2D eigenvalue weighted by atomic mass is 9.54. The molecule has 6 atom stereocenters. The van der Waals surface area contributed by atoms with Crippen molar-refractivity contribution in [3.05, 3.63) is 51.8 Å². The predicted molar refractivity (Wildman–Crippen MR) is 128 cm³/mol. The highest BCUT2D eigenvalue weighted by Crippen LogP contribution is 2.56. The van der Waals surface area contributed by atoms with Crippen molar-refractivity contribution in [2.75, 3.05) is 14.1 Å². The van der Waals surface area contributed by atoms with Crippen LogP contribution in [0.2, 0.25) is 0 Å². The summed E-state index contributed by atoms with van der Waals surface area (Å²) in [5.41, 5.74) is 1.52. The maximum atomic E-state index is 13.9. The van der Waals surface area contributed by atoms with Crippen molar-refractivity contribution in [1.29, 1.82) is 0 Å². The summed E-state index contributed by atoms with van der Waals surface area (Å²) in [5, 5.41) is 56.2. The van der Waals surface area contributed by atoms with Crippen LogP contribution in [0.4, 0.5) is 0 Å². The van der Waals surface area contributed by atoms with E-state index >= 15 is 0 Å². The number of carbonyl (C=O) groups is 3. The number of allylic oxidation sites excluding steroid dienone is 1. The first kappa shape index (κ1) is 25.2. The first-order valence-electron chi connectivity index (χ1n) is 11.1. The van der Waals surface area contributed by atoms with E-state index in [1.54, 1.807) is 19.1 Å². The average molecular weight is 495 g/mol. The molecular weight excluding hydrogens is 468 g/mol. The number of aliphatic hydroxyl groups excluding tert-OH is 3. The number of primary amides is 1. The smallest absolute Gasteiger partial charge is 0.255 e. The number of amides is 1. The van der Waals surface area contributed by atoms with E-state index in [-0.39, 0.29) is 16.9 Å². The highest BCUT2D eigenvalue weighted by molar-refractivity contribution is 6.24. The Balaban J connectivity index is 2.05. The minimum atomic E-state index is -2.94. The van der Waals surface area contributed by atoms with Gasteiger partial charge in [-0.3, -0.25) is 19.3 Å². The molecule has 0 bridgehead atoms. The summed E-state index contributed by atoms with van der Waals surface area (Å²) in [6.07, 6.45) is 6.35. The van der Waals surface area contributed by atoms with E-state index in [2.05, 4.69) is 5.92 Å². The van der Waals surface area contributed by atoms with Crippen LogP contribution >= 0.6 is 0 Å². The number of ketones is 2. The van der Waals surface area contributed by atoms with Crippen LogP contribution in [0, 0.1) is 24.2 Å². The molecule has 7 N–H and O–H groups in total. The molecule has 1 aromatic rings. The quantitative estimate of drug-likeness (QED) is 0.252. The second-order valence-electron chi connectivity index (χ2n) is 9.52. The number of aromatic hydroxyl groups is 1. The topological polar surface area (TPSA) is 182 Å². The second kappa shape index (κ2) is 8.34. The van der Waals surface area contributed by atoms with Crippen molar-refractivity contribution in [3.63, 3.8) is 0 Å². The van der Waals surface area contributed by atoms with Crippen molar-refractivity contribution in [2.24, 2.45) is 17.6 Å². The third-order valence-corrected chi connectivity index (χ3v) is 7.52. The minimum absolute atomic E-state index is 0.0924. The molecule has 0 aliphatic heterocycles. The van der Waals surface area contributed by atoms with Gasteiger partial charge < -0.3 is 31.3 Å². The summed E-state index contributed by atoms with van der Waals surface area (Å²) in [4.78, 5) is 40.4. The fourth-order valence-corrected chi connectivity index (χ4v) is 5.90. The molecular formula is C26H26N2O8. The number of Topliss-reactive ketones (excluding diaryl/α,β-unsaturated/α-hetero) is 2. The molecule has 3 aliphatic carbocycles. The SMILES string of the molecule is C#C/C=C/c1ccc2c(c1O)C(O)=C1C(=O)[C@@]3(O)C(O)=C(C(N)=O)C(=O)[C@H](N(C)C)[C@H]3[C@H](O)[C@H]1[C@@H]2C. The van der Waals surface area contributed by atoms with E-state index in [1.165, 1.54) is 31.1 Å². The lowest BCUT2D eigenvalue weighted by Gasteiger charge is -2.53. The molecule has 1 fully saturated rings. The number of phenolic OH excluding ortho intramolecular Hbond substituents is 1. The van der Waals surface area contributed by atoms with Gasteiger partial charge in [0, 0.05) is 17.1 Å². The van der Waals surface area contributed by atoms with Crippen LogP contribution in [0.25, 0.3) is 11.8 Å². The number of terminal acetylenes is 1. The van der Waals surface area contributed by atoms with Crippen LogP contribution in [0.3, 0.4) is 0 Å². The molecule has 0 spiro atoms. The zero-order chi connectivity index (χ0) is 26.9. The number of carbonyl (C=O) groups excluding carboxylic acids is 3. The standard InChI is InChI=1S/C26H26N2O8/c1-5-6-7-11-8-9-12-10(2)13-15(20(30)14(12)19(11)29)23(33)26(36)17(21(13)31)18(28(3)4)22(32)16(24(26)34)25(27)35/h1,6-10,13,17-18,21,29-31,34,36H,2-4H3,(H2,27,35)/b7-6+/t10-,13+,17+,18-,21-,26-/m1/s1. The number of hydrogen-bond acceptors (Lipinski definition) is 9. The van der Waals surface area contributed by atoms with Crippen LogP contribution in [-0.4, -0.2) is 79.7 Å². The number of likely N-dealkylation sites (N-methyl/N-ethyl adjacent to an activating group) is 1. The van der Waals surface area contributed by atoms with E-state index < -0.39 is 75.6 Å². The van der Waals surface area contributed by atoms with Gasteiger partial charge in [-0.05, 0) is 37.7 Å². The number of aliphatic hydroxyl groups is 4. The minimum Gasteiger partial charge on any atom is -0.508 e. The molecule has 36 heavy (non-hydrogen) atoms. The summed E-state index contributed by atoms with van der Waals surface area (Å²) >= 11 is 0. The van der Waals surface area contributed by atoms with Crippen LogP contribution in [0.1, 0.15) is 29.5 Å². The van der Waals surface area contributed by atoms with E-state index in [9.17, 15) is 39.9 Å². The normalized spacial score (nSPS) is 31.9. The van der Waals surface area contributed by atoms with Gasteiger partial charge in [-0.2, -0.15) is 0 Å². The van der Waals surface area contributed by atoms with Gasteiger partial charge in [0.1, 0.15) is 22.8 Å². The van der Waals surface area contributed by atoms with Gasteiger partial charge in [0.25, 0.3) is 5.91 Å². The van der Waals surface area contributed by atoms with E-state index in [1.807, 2.05) is 0 Å². The predicted octanol–water partition coefficient (Wildman–Crippen LogP) is 0.142. The van der Waals surface area contributed by atoms with Crippen LogP contribution in [0.15, 0.2) is 35.1 Å². The van der Waals surface area contributed by atoms with Crippen molar-refractivity contribution in [1.82, 2.24) is 4.90 Å². The van der Waals surface area contributed by atoms with E-state index in [0.29, 0.717) is 5.56 Å². The monoisotopic (exact) mass is 494 g/mol. The number of nitrogens with zero attached hydrogens (tertiary/aromatic N) is 1. The maximum absolute atomic E-state index is 13.9. The lowest BCUT2D eigenvalue weighted by molar-refractivity contribution is -0.169. The Kier molecular flexibility index (Phi) is 5.84. The number of phenols is 1. The Bertz CT molecular complexity index is 1350. The Hall–Kier alpha value is -3.91. The summed E-state index contributed by atoms with van der Waals surface area (Å²) in [6.45, 7) is 1.66. The Morgan fingerprint density at radius 2 is 1.86 bits per heavy atom. The Morgan fingerprint density at radius 3 is 2.42 bits per heavy atom. The average Bonchev–Trinajstić information content (AvgIpc) is 2.80. The highest BCUT2D eigenvalue weighted by Gasteiger charge is 2.68. The molecule has 3 aliphatic rings. The maximum Gasteiger partial charge on any atom is 0.255 e. The summed E-state index contributed by atoms with van der Waals surface area (Å²) in [6, 6.07) is 1.78. The van der Waals surface area contributed by atoms with Crippen LogP contribution < -0.4 is 5.73 Å². The molecule has 0 radical (unpaired) electrons. The van der Waals surface area contributed by atoms with Gasteiger partial charge in [-0.25, -0.2) is 0 Å². The molecule has 0 aromatic heterocycles. The first-order chi connectivity index (χ1) is 16.8. The largest absolute Gasteiger partial charge is 0.508 e. The number of rotatable bonds is 3. The fraction of sp³-hybridized carbons (Fsp3) is 0.346. The third kappa shape index (κ3) is 3.07. The van der Waals surface area contributed by atoms with Crippen molar-refractivity contribution >= 4 is 29.3 Å². The lowest BCUT2D eigenvalue weighted by Crippen LogP contribution is -2.70. The van der Waals surface area contributed by atoms with Gasteiger partial charge in [0.05, 0.1) is 23.6 Å². The van der Waals surface area contributed by atoms with Crippen molar-refractivity contribution in [3.8, 4) is 18.1 Å². The summed E-state index contributed by atoms with van der Waals surface area (Å²) in [7, 11) is 2.90. The summed E-state index contributed by atoms with van der Waals surface area (Å²) in [5.74, 6) is -6.97. The van der Waals surface area contributed by atoms with Gasteiger partial charge >= 0.3 is 0 Å². The van der Waals surface area contributed by atoms with Gasteiger partial charge in [0.2, 0.25) is 5.78 Å². The summed E-state index contributed by atoms with van der Waals surface area (Å²) < 4.78 is 0. The molecule has 0 heterocycles.